The second-order valence-electron chi connectivity index (χ2n) is 4.63. The third kappa shape index (κ3) is 2.62. The van der Waals surface area contributed by atoms with Crippen molar-refractivity contribution in [2.75, 3.05) is 4.90 Å². The second-order valence-corrected chi connectivity index (χ2v) is 6.73. The van der Waals surface area contributed by atoms with Crippen molar-refractivity contribution in [1.29, 1.82) is 0 Å². The topological polar surface area (TPSA) is 37.4 Å². The standard InChI is InChI=1S/C15H8BrFINO2/c16-11-5-10-13(6-12(11)17)19(15(21)14(10)20)7-8-1-3-9(18)4-2-8/h1-6H,7H2. The first-order valence-corrected chi connectivity index (χ1v) is 7.94. The summed E-state index contributed by atoms with van der Waals surface area (Å²) >= 11 is 5.22. The molecule has 1 amide bonds. The van der Waals surface area contributed by atoms with Crippen molar-refractivity contribution in [3.8, 4) is 0 Å². The highest BCUT2D eigenvalue weighted by Gasteiger charge is 2.36. The molecule has 106 valence electrons. The van der Waals surface area contributed by atoms with Gasteiger partial charge in [-0.25, -0.2) is 4.39 Å². The highest BCUT2D eigenvalue weighted by atomic mass is 127. The van der Waals surface area contributed by atoms with E-state index in [-0.39, 0.29) is 16.6 Å². The van der Waals surface area contributed by atoms with Crippen LogP contribution in [0.4, 0.5) is 10.1 Å². The van der Waals surface area contributed by atoms with Gasteiger partial charge < -0.3 is 4.90 Å². The third-order valence-corrected chi connectivity index (χ3v) is 4.59. The van der Waals surface area contributed by atoms with Gasteiger partial charge in [-0.2, -0.15) is 0 Å². The van der Waals surface area contributed by atoms with Gasteiger partial charge in [0.1, 0.15) is 5.82 Å². The fraction of sp³-hybridized carbons (Fsp3) is 0.0667. The zero-order chi connectivity index (χ0) is 15.1. The zero-order valence-electron chi connectivity index (χ0n) is 10.6. The maximum Gasteiger partial charge on any atom is 0.299 e. The van der Waals surface area contributed by atoms with Crippen LogP contribution in [0.1, 0.15) is 15.9 Å². The van der Waals surface area contributed by atoms with Gasteiger partial charge in [0.25, 0.3) is 11.7 Å². The molecule has 0 radical (unpaired) electrons. The van der Waals surface area contributed by atoms with E-state index >= 15 is 0 Å². The summed E-state index contributed by atoms with van der Waals surface area (Å²) < 4.78 is 15.0. The van der Waals surface area contributed by atoms with Crippen molar-refractivity contribution in [1.82, 2.24) is 0 Å². The van der Waals surface area contributed by atoms with E-state index in [0.29, 0.717) is 5.69 Å². The molecular weight excluding hydrogens is 452 g/mol. The molecule has 0 unspecified atom stereocenters. The molecule has 6 heteroatoms. The number of ketones is 1. The molecule has 0 N–H and O–H groups in total. The third-order valence-electron chi connectivity index (χ3n) is 3.27. The fourth-order valence-corrected chi connectivity index (χ4v) is 2.92. The van der Waals surface area contributed by atoms with Crippen LogP contribution in [-0.2, 0) is 11.3 Å². The molecule has 0 bridgehead atoms. The molecule has 3 nitrogen and oxygen atoms in total. The Morgan fingerprint density at radius 1 is 1.14 bits per heavy atom. The summed E-state index contributed by atoms with van der Waals surface area (Å²) in [6.45, 7) is 0.246. The number of amides is 1. The summed E-state index contributed by atoms with van der Waals surface area (Å²) in [4.78, 5) is 25.4. The van der Waals surface area contributed by atoms with Gasteiger partial charge in [0.2, 0.25) is 0 Å². The maximum atomic E-state index is 13.7. The summed E-state index contributed by atoms with van der Waals surface area (Å²) in [5.41, 5.74) is 1.44. The minimum atomic E-state index is -0.624. The summed E-state index contributed by atoms with van der Waals surface area (Å²) in [6, 6.07) is 10.2. The smallest absolute Gasteiger partial charge is 0.299 e. The molecular formula is C15H8BrFINO2. The van der Waals surface area contributed by atoms with Gasteiger partial charge in [-0.05, 0) is 68.3 Å². The first-order chi connectivity index (χ1) is 9.97. The van der Waals surface area contributed by atoms with Crippen LogP contribution in [0, 0.1) is 9.39 Å². The number of carbonyl (C=O) groups excluding carboxylic acids is 2. The lowest BCUT2D eigenvalue weighted by Gasteiger charge is -2.16. The number of carbonyl (C=O) groups is 2. The van der Waals surface area contributed by atoms with Crippen LogP contribution in [0.3, 0.4) is 0 Å². The molecule has 21 heavy (non-hydrogen) atoms. The number of rotatable bonds is 2. The Morgan fingerprint density at radius 3 is 2.48 bits per heavy atom. The number of hydrogen-bond acceptors (Lipinski definition) is 2. The fourth-order valence-electron chi connectivity index (χ4n) is 2.22. The van der Waals surface area contributed by atoms with Crippen molar-refractivity contribution < 1.29 is 14.0 Å². The monoisotopic (exact) mass is 459 g/mol. The molecule has 1 heterocycles. The van der Waals surface area contributed by atoms with Crippen molar-refractivity contribution in [2.45, 2.75) is 6.54 Å². The van der Waals surface area contributed by atoms with Crippen molar-refractivity contribution in [3.05, 3.63) is 61.4 Å². The van der Waals surface area contributed by atoms with E-state index in [9.17, 15) is 14.0 Å². The van der Waals surface area contributed by atoms with Crippen LogP contribution < -0.4 is 4.90 Å². The Bertz CT molecular complexity index is 761. The molecule has 0 aromatic heterocycles. The first-order valence-electron chi connectivity index (χ1n) is 6.07. The van der Waals surface area contributed by atoms with E-state index in [4.69, 9.17) is 0 Å². The molecule has 2 aromatic carbocycles. The number of nitrogens with zero attached hydrogens (tertiary/aromatic N) is 1. The molecule has 2 aromatic rings. The average Bonchev–Trinajstić information content (AvgIpc) is 2.67. The van der Waals surface area contributed by atoms with E-state index in [0.717, 1.165) is 9.13 Å². The van der Waals surface area contributed by atoms with Gasteiger partial charge in [0.05, 0.1) is 22.3 Å². The normalized spacial score (nSPS) is 13.8. The number of benzene rings is 2. The lowest BCUT2D eigenvalue weighted by atomic mass is 10.1. The van der Waals surface area contributed by atoms with Crippen LogP contribution in [0.2, 0.25) is 0 Å². The Hall–Kier alpha value is -1.28. The summed E-state index contributed by atoms with van der Waals surface area (Å²) in [7, 11) is 0. The minimum Gasteiger partial charge on any atom is -0.300 e. The molecule has 1 aliphatic heterocycles. The summed E-state index contributed by atoms with van der Waals surface area (Å²) in [5.74, 6) is -1.72. The Morgan fingerprint density at radius 2 is 1.81 bits per heavy atom. The molecule has 0 spiro atoms. The van der Waals surface area contributed by atoms with E-state index in [1.807, 2.05) is 24.3 Å². The Labute approximate surface area is 142 Å². The van der Waals surface area contributed by atoms with Crippen molar-refractivity contribution in [2.24, 2.45) is 0 Å². The van der Waals surface area contributed by atoms with Gasteiger partial charge in [-0.1, -0.05) is 12.1 Å². The Kier molecular flexibility index (Phi) is 3.83. The summed E-state index contributed by atoms with van der Waals surface area (Å²) in [6.07, 6.45) is 0. The summed E-state index contributed by atoms with van der Waals surface area (Å²) in [5, 5.41) is 0. The molecule has 0 saturated heterocycles. The van der Waals surface area contributed by atoms with Crippen LogP contribution >= 0.6 is 38.5 Å². The predicted octanol–water partition coefficient (Wildman–Crippen LogP) is 3.92. The lowest BCUT2D eigenvalue weighted by molar-refractivity contribution is -0.114. The first kappa shape index (κ1) is 14.6. The SMILES string of the molecule is O=C1C(=O)N(Cc2ccc(I)cc2)c2cc(F)c(Br)cc21. The number of halogens is 3. The quantitative estimate of drug-likeness (QED) is 0.504. The minimum absolute atomic E-state index is 0.179. The predicted molar refractivity (Wildman–Crippen MR) is 88.8 cm³/mol. The molecule has 0 aliphatic carbocycles. The van der Waals surface area contributed by atoms with Crippen molar-refractivity contribution >= 4 is 55.9 Å². The van der Waals surface area contributed by atoms with E-state index < -0.39 is 17.5 Å². The number of anilines is 1. The average molecular weight is 460 g/mol. The molecule has 0 atom stereocenters. The van der Waals surface area contributed by atoms with Gasteiger partial charge in [-0.3, -0.25) is 9.59 Å². The van der Waals surface area contributed by atoms with Gasteiger partial charge in [0.15, 0.2) is 0 Å². The van der Waals surface area contributed by atoms with Crippen LogP contribution in [-0.4, -0.2) is 11.7 Å². The number of Topliss-reactive ketones (excluding diaryl/α,β-unsaturated/α-hetero) is 1. The second kappa shape index (κ2) is 5.49. The highest BCUT2D eigenvalue weighted by molar-refractivity contribution is 14.1. The number of hydrogen-bond donors (Lipinski definition) is 0. The number of fused-ring (bicyclic) bond motifs is 1. The van der Waals surface area contributed by atoms with Crippen molar-refractivity contribution in [3.63, 3.8) is 0 Å². The molecule has 1 aliphatic rings. The molecule has 0 fully saturated rings. The zero-order valence-corrected chi connectivity index (χ0v) is 14.3. The molecule has 3 rings (SSSR count). The van der Waals surface area contributed by atoms with E-state index in [2.05, 4.69) is 38.5 Å². The van der Waals surface area contributed by atoms with E-state index in [1.54, 1.807) is 0 Å². The largest absolute Gasteiger partial charge is 0.300 e. The van der Waals surface area contributed by atoms with Crippen LogP contribution in [0.5, 0.6) is 0 Å². The van der Waals surface area contributed by atoms with Crippen LogP contribution in [0.25, 0.3) is 0 Å². The lowest BCUT2D eigenvalue weighted by Crippen LogP contribution is -2.29. The van der Waals surface area contributed by atoms with Gasteiger partial charge in [0, 0.05) is 3.57 Å². The highest BCUT2D eigenvalue weighted by Crippen LogP contribution is 2.34. The van der Waals surface area contributed by atoms with Gasteiger partial charge >= 0.3 is 0 Å². The Balaban J connectivity index is 2.01. The maximum absolute atomic E-state index is 13.7. The molecule has 0 saturated carbocycles. The van der Waals surface area contributed by atoms with Crippen LogP contribution in [0.15, 0.2) is 40.9 Å². The van der Waals surface area contributed by atoms with Gasteiger partial charge in [-0.15, -0.1) is 0 Å². The van der Waals surface area contributed by atoms with E-state index in [1.165, 1.54) is 17.0 Å².